The zero-order valence-corrected chi connectivity index (χ0v) is 7.61. The smallest absolute Gasteiger partial charge is 0.164 e. The van der Waals surface area contributed by atoms with Crippen LogP contribution in [0.15, 0.2) is 30.5 Å². The third-order valence-corrected chi connectivity index (χ3v) is 1.85. The van der Waals surface area contributed by atoms with E-state index >= 15 is 0 Å². The molecule has 0 saturated carbocycles. The van der Waals surface area contributed by atoms with Crippen LogP contribution in [0.5, 0.6) is 0 Å². The Morgan fingerprint density at radius 3 is 2.67 bits per heavy atom. The lowest BCUT2D eigenvalue weighted by Crippen LogP contribution is -1.96. The molecule has 0 saturated heterocycles. The summed E-state index contributed by atoms with van der Waals surface area (Å²) in [6, 6.07) is 4.56. The standard InChI is InChI=1S/C10H7F2N3/c11-6-1-2-8(12)7(5-6)10-14-4-3-9(13)15-10/h1-5H,(H2,13,14,15). The summed E-state index contributed by atoms with van der Waals surface area (Å²) >= 11 is 0. The average Bonchev–Trinajstić information content (AvgIpc) is 2.22. The number of halogens is 2. The van der Waals surface area contributed by atoms with Crippen LogP contribution >= 0.6 is 0 Å². The molecule has 0 radical (unpaired) electrons. The molecule has 2 N–H and O–H groups in total. The summed E-state index contributed by atoms with van der Waals surface area (Å²) in [5, 5.41) is 0. The highest BCUT2D eigenvalue weighted by molar-refractivity contribution is 5.57. The molecule has 0 atom stereocenters. The van der Waals surface area contributed by atoms with E-state index in [2.05, 4.69) is 9.97 Å². The van der Waals surface area contributed by atoms with Gasteiger partial charge in [0.25, 0.3) is 0 Å². The van der Waals surface area contributed by atoms with Gasteiger partial charge in [-0.1, -0.05) is 0 Å². The van der Waals surface area contributed by atoms with Gasteiger partial charge in [0.2, 0.25) is 0 Å². The lowest BCUT2D eigenvalue weighted by Gasteiger charge is -2.02. The van der Waals surface area contributed by atoms with Crippen LogP contribution in [0.3, 0.4) is 0 Å². The predicted molar refractivity (Wildman–Crippen MR) is 51.8 cm³/mol. The Labute approximate surface area is 84.6 Å². The van der Waals surface area contributed by atoms with Crippen molar-refractivity contribution in [2.45, 2.75) is 0 Å². The molecule has 0 aliphatic rings. The van der Waals surface area contributed by atoms with Crippen molar-refractivity contribution in [2.24, 2.45) is 0 Å². The second-order valence-corrected chi connectivity index (χ2v) is 2.93. The molecule has 1 heterocycles. The number of hydrogen-bond donors (Lipinski definition) is 1. The monoisotopic (exact) mass is 207 g/mol. The summed E-state index contributed by atoms with van der Waals surface area (Å²) in [5.74, 6) is -0.838. The van der Waals surface area contributed by atoms with Gasteiger partial charge in [0.05, 0.1) is 5.56 Å². The Hall–Kier alpha value is -2.04. The molecule has 2 aromatic rings. The van der Waals surface area contributed by atoms with Gasteiger partial charge in [0.15, 0.2) is 5.82 Å². The van der Waals surface area contributed by atoms with Gasteiger partial charge in [0.1, 0.15) is 17.5 Å². The molecule has 0 spiro atoms. The fraction of sp³-hybridized carbons (Fsp3) is 0. The summed E-state index contributed by atoms with van der Waals surface area (Å²) in [6.07, 6.45) is 1.39. The highest BCUT2D eigenvalue weighted by Gasteiger charge is 2.09. The molecule has 3 nitrogen and oxygen atoms in total. The van der Waals surface area contributed by atoms with E-state index in [1.807, 2.05) is 0 Å². The Bertz CT molecular complexity index is 500. The first-order valence-electron chi connectivity index (χ1n) is 4.21. The molecule has 0 aliphatic carbocycles. The summed E-state index contributed by atoms with van der Waals surface area (Å²) in [6.45, 7) is 0. The minimum absolute atomic E-state index is 0.00213. The van der Waals surface area contributed by atoms with Crippen LogP contribution in [0.1, 0.15) is 0 Å². The number of benzene rings is 1. The highest BCUT2D eigenvalue weighted by atomic mass is 19.1. The fourth-order valence-electron chi connectivity index (χ4n) is 1.17. The van der Waals surface area contributed by atoms with Gasteiger partial charge in [-0.3, -0.25) is 0 Å². The predicted octanol–water partition coefficient (Wildman–Crippen LogP) is 2.00. The molecule has 15 heavy (non-hydrogen) atoms. The number of nitrogen functional groups attached to an aromatic ring is 1. The molecule has 0 fully saturated rings. The van der Waals surface area contributed by atoms with Crippen LogP contribution in [0.2, 0.25) is 0 Å². The molecule has 1 aromatic carbocycles. The molecule has 0 amide bonds. The van der Waals surface area contributed by atoms with Gasteiger partial charge in [0, 0.05) is 6.20 Å². The summed E-state index contributed by atoms with van der Waals surface area (Å²) in [4.78, 5) is 7.62. The maximum absolute atomic E-state index is 13.3. The largest absolute Gasteiger partial charge is 0.384 e. The third kappa shape index (κ3) is 1.90. The van der Waals surface area contributed by atoms with Crippen LogP contribution in [0, 0.1) is 11.6 Å². The third-order valence-electron chi connectivity index (χ3n) is 1.85. The van der Waals surface area contributed by atoms with E-state index in [0.717, 1.165) is 18.2 Å². The van der Waals surface area contributed by atoms with Crippen molar-refractivity contribution in [3.8, 4) is 11.4 Å². The van der Waals surface area contributed by atoms with Gasteiger partial charge in [-0.15, -0.1) is 0 Å². The van der Waals surface area contributed by atoms with Gasteiger partial charge >= 0.3 is 0 Å². The van der Waals surface area contributed by atoms with Crippen molar-refractivity contribution in [1.29, 1.82) is 0 Å². The van der Waals surface area contributed by atoms with Crippen molar-refractivity contribution in [3.63, 3.8) is 0 Å². The van der Waals surface area contributed by atoms with Crippen molar-refractivity contribution < 1.29 is 8.78 Å². The molecular formula is C10H7F2N3. The Morgan fingerprint density at radius 2 is 1.93 bits per heavy atom. The number of nitrogens with zero attached hydrogens (tertiary/aromatic N) is 2. The van der Waals surface area contributed by atoms with E-state index in [1.165, 1.54) is 12.3 Å². The molecule has 0 unspecified atom stereocenters. The van der Waals surface area contributed by atoms with E-state index in [0.29, 0.717) is 0 Å². The minimum Gasteiger partial charge on any atom is -0.384 e. The Morgan fingerprint density at radius 1 is 1.13 bits per heavy atom. The molecule has 5 heteroatoms. The molecule has 2 rings (SSSR count). The summed E-state index contributed by atoms with van der Waals surface area (Å²) in [7, 11) is 0. The molecule has 1 aromatic heterocycles. The first-order chi connectivity index (χ1) is 7.16. The van der Waals surface area contributed by atoms with Crippen molar-refractivity contribution in [2.75, 3.05) is 5.73 Å². The Balaban J connectivity index is 2.58. The molecular weight excluding hydrogens is 200 g/mol. The van der Waals surface area contributed by atoms with E-state index in [9.17, 15) is 8.78 Å². The molecule has 0 aliphatic heterocycles. The molecule has 0 bridgehead atoms. The first-order valence-corrected chi connectivity index (χ1v) is 4.21. The number of rotatable bonds is 1. The second-order valence-electron chi connectivity index (χ2n) is 2.93. The van der Waals surface area contributed by atoms with E-state index in [1.54, 1.807) is 0 Å². The van der Waals surface area contributed by atoms with Crippen molar-refractivity contribution >= 4 is 5.82 Å². The SMILES string of the molecule is Nc1ccnc(-c2cc(F)ccc2F)n1. The van der Waals surface area contributed by atoms with Crippen molar-refractivity contribution in [3.05, 3.63) is 42.1 Å². The lowest BCUT2D eigenvalue weighted by molar-refractivity contribution is 0.602. The quantitative estimate of drug-likeness (QED) is 0.778. The van der Waals surface area contributed by atoms with E-state index in [4.69, 9.17) is 5.73 Å². The number of hydrogen-bond acceptors (Lipinski definition) is 3. The van der Waals surface area contributed by atoms with Crippen molar-refractivity contribution in [1.82, 2.24) is 9.97 Å². The van der Waals surface area contributed by atoms with Crippen LogP contribution < -0.4 is 5.73 Å². The van der Waals surface area contributed by atoms with Crippen LogP contribution in [0.4, 0.5) is 14.6 Å². The summed E-state index contributed by atoms with van der Waals surface area (Å²) in [5.41, 5.74) is 5.42. The maximum Gasteiger partial charge on any atom is 0.164 e. The second kappa shape index (κ2) is 3.61. The van der Waals surface area contributed by atoms with Crippen LogP contribution in [-0.2, 0) is 0 Å². The number of nitrogens with two attached hydrogens (primary N) is 1. The van der Waals surface area contributed by atoms with E-state index < -0.39 is 11.6 Å². The first kappa shape index (κ1) is 9.51. The maximum atomic E-state index is 13.3. The zero-order chi connectivity index (χ0) is 10.8. The topological polar surface area (TPSA) is 51.8 Å². The van der Waals surface area contributed by atoms with Gasteiger partial charge in [-0.25, -0.2) is 18.7 Å². The zero-order valence-electron chi connectivity index (χ0n) is 7.61. The highest BCUT2D eigenvalue weighted by Crippen LogP contribution is 2.20. The van der Waals surface area contributed by atoms with E-state index in [-0.39, 0.29) is 17.2 Å². The summed E-state index contributed by atoms with van der Waals surface area (Å²) < 4.78 is 26.2. The lowest BCUT2D eigenvalue weighted by atomic mass is 10.2. The van der Waals surface area contributed by atoms with Gasteiger partial charge < -0.3 is 5.73 Å². The number of aromatic nitrogens is 2. The van der Waals surface area contributed by atoms with Gasteiger partial charge in [-0.05, 0) is 24.3 Å². The normalized spacial score (nSPS) is 10.3. The molecule has 76 valence electrons. The fourth-order valence-corrected chi connectivity index (χ4v) is 1.17. The van der Waals surface area contributed by atoms with Crippen LogP contribution in [0.25, 0.3) is 11.4 Å². The average molecular weight is 207 g/mol. The minimum atomic E-state index is -0.581. The number of anilines is 1. The van der Waals surface area contributed by atoms with Crippen LogP contribution in [-0.4, -0.2) is 9.97 Å². The van der Waals surface area contributed by atoms with Gasteiger partial charge in [-0.2, -0.15) is 0 Å². The Kier molecular flexibility index (Phi) is 2.29.